The molecule has 4 rings (SSSR count). The Morgan fingerprint density at radius 1 is 1.17 bits per heavy atom. The summed E-state index contributed by atoms with van der Waals surface area (Å²) in [5, 5.41) is 10.4. The predicted molar refractivity (Wildman–Crippen MR) is 90.7 cm³/mol. The van der Waals surface area contributed by atoms with Crippen molar-refractivity contribution >= 4 is 23.0 Å². The zero-order chi connectivity index (χ0) is 16.5. The summed E-state index contributed by atoms with van der Waals surface area (Å²) >= 11 is 0. The van der Waals surface area contributed by atoms with Crippen LogP contribution in [0.4, 0.5) is 5.95 Å². The molecule has 6 nitrogen and oxygen atoms in total. The van der Waals surface area contributed by atoms with Crippen LogP contribution >= 0.6 is 0 Å². The van der Waals surface area contributed by atoms with Crippen LogP contribution in [0.15, 0.2) is 24.5 Å². The van der Waals surface area contributed by atoms with E-state index in [9.17, 15) is 9.90 Å². The Morgan fingerprint density at radius 2 is 2.00 bits per heavy atom. The van der Waals surface area contributed by atoms with Gasteiger partial charge in [0.25, 0.3) is 0 Å². The molecule has 24 heavy (non-hydrogen) atoms. The summed E-state index contributed by atoms with van der Waals surface area (Å²) in [6.45, 7) is 1.79. The van der Waals surface area contributed by atoms with Gasteiger partial charge in [0.05, 0.1) is 5.92 Å². The van der Waals surface area contributed by atoms with Crippen molar-refractivity contribution < 1.29 is 9.90 Å². The number of nitrogens with zero attached hydrogens (tertiary/aromatic N) is 4. The van der Waals surface area contributed by atoms with E-state index in [1.807, 2.05) is 18.3 Å². The Balaban J connectivity index is 1.44. The molecule has 1 aliphatic carbocycles. The van der Waals surface area contributed by atoms with Crippen molar-refractivity contribution in [2.45, 2.75) is 32.1 Å². The second-order valence-corrected chi connectivity index (χ2v) is 6.95. The van der Waals surface area contributed by atoms with Crippen molar-refractivity contribution in [1.29, 1.82) is 0 Å². The molecule has 1 N–H and O–H groups in total. The Kier molecular flexibility index (Phi) is 4.04. The first-order chi connectivity index (χ1) is 11.7. The number of hydrogen-bond acceptors (Lipinski definition) is 5. The van der Waals surface area contributed by atoms with Crippen LogP contribution in [-0.2, 0) is 4.79 Å². The fourth-order valence-corrected chi connectivity index (χ4v) is 4.39. The Bertz CT molecular complexity index is 743. The fraction of sp³-hybridized carbons (Fsp3) is 0.556. The maximum atomic E-state index is 11.4. The van der Waals surface area contributed by atoms with Gasteiger partial charge < -0.3 is 10.0 Å². The SMILES string of the molecule is O=C(O)C1CCCC1C1CCN(c2ncc3cccnc3n2)CC1. The molecule has 1 saturated carbocycles. The molecule has 0 spiro atoms. The lowest BCUT2D eigenvalue weighted by Crippen LogP contribution is -2.38. The van der Waals surface area contributed by atoms with Gasteiger partial charge in [-0.3, -0.25) is 4.79 Å². The Labute approximate surface area is 140 Å². The molecule has 126 valence electrons. The summed E-state index contributed by atoms with van der Waals surface area (Å²) in [4.78, 5) is 27.0. The van der Waals surface area contributed by atoms with Crippen molar-refractivity contribution in [1.82, 2.24) is 15.0 Å². The van der Waals surface area contributed by atoms with Crippen molar-refractivity contribution in [2.24, 2.45) is 17.8 Å². The van der Waals surface area contributed by atoms with Gasteiger partial charge in [-0.2, -0.15) is 4.98 Å². The van der Waals surface area contributed by atoms with Gasteiger partial charge in [0.1, 0.15) is 0 Å². The molecular formula is C18H22N4O2. The van der Waals surface area contributed by atoms with Gasteiger partial charge >= 0.3 is 5.97 Å². The molecule has 2 aliphatic rings. The summed E-state index contributed by atoms with van der Waals surface area (Å²) in [6, 6.07) is 3.85. The molecule has 1 aliphatic heterocycles. The molecule has 2 aromatic rings. The third-order valence-corrected chi connectivity index (χ3v) is 5.66. The topological polar surface area (TPSA) is 79.2 Å². The van der Waals surface area contributed by atoms with Crippen LogP contribution in [0.5, 0.6) is 0 Å². The van der Waals surface area contributed by atoms with Crippen molar-refractivity contribution in [3.8, 4) is 0 Å². The quantitative estimate of drug-likeness (QED) is 0.934. The molecule has 0 radical (unpaired) electrons. The van der Waals surface area contributed by atoms with Gasteiger partial charge in [-0.1, -0.05) is 6.42 Å². The van der Waals surface area contributed by atoms with E-state index in [1.54, 1.807) is 6.20 Å². The average Bonchev–Trinajstić information content (AvgIpc) is 3.11. The van der Waals surface area contributed by atoms with Crippen LogP contribution < -0.4 is 4.90 Å². The van der Waals surface area contributed by atoms with Gasteiger partial charge in [0, 0.05) is 30.9 Å². The minimum atomic E-state index is -0.608. The van der Waals surface area contributed by atoms with Crippen LogP contribution in [0, 0.1) is 17.8 Å². The van der Waals surface area contributed by atoms with E-state index in [4.69, 9.17) is 0 Å². The average molecular weight is 326 g/mol. The minimum absolute atomic E-state index is 0.136. The van der Waals surface area contributed by atoms with Crippen molar-refractivity contribution in [2.75, 3.05) is 18.0 Å². The van der Waals surface area contributed by atoms with Gasteiger partial charge in [-0.25, -0.2) is 9.97 Å². The highest BCUT2D eigenvalue weighted by Gasteiger charge is 2.39. The number of carboxylic acids is 1. The number of pyridine rings is 1. The molecule has 0 bridgehead atoms. The molecule has 0 aromatic carbocycles. The maximum absolute atomic E-state index is 11.4. The molecule has 3 heterocycles. The number of aromatic nitrogens is 3. The van der Waals surface area contributed by atoms with E-state index >= 15 is 0 Å². The first-order valence-electron chi connectivity index (χ1n) is 8.78. The fourth-order valence-electron chi connectivity index (χ4n) is 4.39. The van der Waals surface area contributed by atoms with Gasteiger partial charge in [-0.05, 0) is 49.7 Å². The number of hydrogen-bond donors (Lipinski definition) is 1. The smallest absolute Gasteiger partial charge is 0.306 e. The van der Waals surface area contributed by atoms with Crippen molar-refractivity contribution in [3.05, 3.63) is 24.5 Å². The molecule has 2 atom stereocenters. The van der Waals surface area contributed by atoms with Crippen LogP contribution in [0.2, 0.25) is 0 Å². The minimum Gasteiger partial charge on any atom is -0.481 e. The van der Waals surface area contributed by atoms with Gasteiger partial charge in [0.2, 0.25) is 5.95 Å². The standard InChI is InChI=1S/C18H22N4O2/c23-17(24)15-5-1-4-14(15)12-6-9-22(10-7-12)18-20-11-13-3-2-8-19-16(13)21-18/h2-3,8,11-12,14-15H,1,4-7,9-10H2,(H,23,24). The van der Waals surface area contributed by atoms with Crippen LogP contribution in [0.25, 0.3) is 11.0 Å². The lowest BCUT2D eigenvalue weighted by atomic mass is 9.78. The molecule has 0 amide bonds. The highest BCUT2D eigenvalue weighted by Crippen LogP contribution is 2.41. The van der Waals surface area contributed by atoms with E-state index in [-0.39, 0.29) is 5.92 Å². The second-order valence-electron chi connectivity index (χ2n) is 6.95. The van der Waals surface area contributed by atoms with E-state index in [2.05, 4.69) is 19.9 Å². The molecule has 2 fully saturated rings. The van der Waals surface area contributed by atoms with Gasteiger partial charge in [-0.15, -0.1) is 0 Å². The molecule has 2 unspecified atom stereocenters. The summed E-state index contributed by atoms with van der Waals surface area (Å²) in [6.07, 6.45) is 8.60. The number of rotatable bonds is 3. The third kappa shape index (κ3) is 2.81. The number of piperidine rings is 1. The summed E-state index contributed by atoms with van der Waals surface area (Å²) < 4.78 is 0. The van der Waals surface area contributed by atoms with Crippen LogP contribution in [0.3, 0.4) is 0 Å². The number of fused-ring (bicyclic) bond motifs is 1. The first kappa shape index (κ1) is 15.3. The lowest BCUT2D eigenvalue weighted by Gasteiger charge is -2.36. The largest absolute Gasteiger partial charge is 0.481 e. The van der Waals surface area contributed by atoms with Crippen LogP contribution in [-0.4, -0.2) is 39.1 Å². The lowest BCUT2D eigenvalue weighted by molar-refractivity contribution is -0.143. The maximum Gasteiger partial charge on any atom is 0.306 e. The second kappa shape index (κ2) is 6.34. The number of carbonyl (C=O) groups is 1. The number of aliphatic carboxylic acids is 1. The monoisotopic (exact) mass is 326 g/mol. The highest BCUT2D eigenvalue weighted by atomic mass is 16.4. The zero-order valence-corrected chi connectivity index (χ0v) is 13.6. The zero-order valence-electron chi connectivity index (χ0n) is 13.6. The van der Waals surface area contributed by atoms with Crippen molar-refractivity contribution in [3.63, 3.8) is 0 Å². The normalized spacial score (nSPS) is 25.2. The van der Waals surface area contributed by atoms with Gasteiger partial charge in [0.15, 0.2) is 5.65 Å². The first-order valence-corrected chi connectivity index (χ1v) is 8.78. The van der Waals surface area contributed by atoms with E-state index < -0.39 is 5.97 Å². The third-order valence-electron chi connectivity index (χ3n) is 5.66. The van der Waals surface area contributed by atoms with E-state index in [0.717, 1.165) is 62.2 Å². The Hall–Kier alpha value is -2.24. The molecule has 1 saturated heterocycles. The number of anilines is 1. The summed E-state index contributed by atoms with van der Waals surface area (Å²) in [5.41, 5.74) is 0.728. The van der Waals surface area contributed by atoms with E-state index in [1.165, 1.54) is 0 Å². The van der Waals surface area contributed by atoms with E-state index in [0.29, 0.717) is 11.8 Å². The summed E-state index contributed by atoms with van der Waals surface area (Å²) in [5.74, 6) is 0.861. The molecule has 2 aromatic heterocycles. The Morgan fingerprint density at radius 3 is 2.79 bits per heavy atom. The van der Waals surface area contributed by atoms with Crippen LogP contribution in [0.1, 0.15) is 32.1 Å². The molecule has 6 heteroatoms. The highest BCUT2D eigenvalue weighted by molar-refractivity contribution is 5.74. The molecular weight excluding hydrogens is 304 g/mol. The number of carboxylic acid groups (broad SMARTS) is 1. The summed E-state index contributed by atoms with van der Waals surface area (Å²) in [7, 11) is 0. The predicted octanol–water partition coefficient (Wildman–Crippen LogP) is 2.74.